The molecule has 2 N–H and O–H groups in total. The fraction of sp³-hybridized carbons (Fsp3) is 0.0952. The predicted molar refractivity (Wildman–Crippen MR) is 108 cm³/mol. The summed E-state index contributed by atoms with van der Waals surface area (Å²) in [5.74, 6) is -0.921. The van der Waals surface area contributed by atoms with Crippen molar-refractivity contribution in [3.05, 3.63) is 101 Å². The van der Waals surface area contributed by atoms with E-state index in [1.165, 1.54) is 24.3 Å². The maximum absolute atomic E-state index is 12.9. The molecule has 0 aliphatic carbocycles. The molecule has 144 valence electrons. The Morgan fingerprint density at radius 3 is 2.04 bits per heavy atom. The minimum atomic E-state index is -3.80. The van der Waals surface area contributed by atoms with E-state index >= 15 is 0 Å². The Morgan fingerprint density at radius 2 is 1.46 bits per heavy atom. The molecule has 0 radical (unpaired) electrons. The maximum atomic E-state index is 12.9. The van der Waals surface area contributed by atoms with Crippen LogP contribution >= 0.6 is 11.6 Å². The average Bonchev–Trinajstić information content (AvgIpc) is 2.67. The summed E-state index contributed by atoms with van der Waals surface area (Å²) in [6.45, 7) is 0. The minimum Gasteiger partial charge on any atom is -0.481 e. The highest BCUT2D eigenvalue weighted by Gasteiger charge is 2.23. The number of rotatable bonds is 7. The van der Waals surface area contributed by atoms with E-state index in [1.54, 1.807) is 24.3 Å². The van der Waals surface area contributed by atoms with Crippen molar-refractivity contribution in [2.45, 2.75) is 17.4 Å². The van der Waals surface area contributed by atoms with Gasteiger partial charge in [0.2, 0.25) is 10.0 Å². The van der Waals surface area contributed by atoms with Gasteiger partial charge in [0.15, 0.2) is 0 Å². The van der Waals surface area contributed by atoms with Gasteiger partial charge in [-0.25, -0.2) is 8.42 Å². The van der Waals surface area contributed by atoms with Gasteiger partial charge in [0.1, 0.15) is 0 Å². The molecule has 0 aliphatic heterocycles. The highest BCUT2D eigenvalue weighted by atomic mass is 35.5. The Hall–Kier alpha value is -2.67. The van der Waals surface area contributed by atoms with Crippen LogP contribution in [0.3, 0.4) is 0 Å². The lowest BCUT2D eigenvalue weighted by atomic mass is 9.98. The second kappa shape index (κ2) is 8.56. The molecular formula is C21H18ClNO4S. The monoisotopic (exact) mass is 415 g/mol. The van der Waals surface area contributed by atoms with Crippen molar-refractivity contribution in [2.24, 2.45) is 0 Å². The fourth-order valence-electron chi connectivity index (χ4n) is 2.81. The summed E-state index contributed by atoms with van der Waals surface area (Å²) < 4.78 is 28.5. The third-order valence-electron chi connectivity index (χ3n) is 4.20. The van der Waals surface area contributed by atoms with Crippen LogP contribution in [0.2, 0.25) is 5.02 Å². The van der Waals surface area contributed by atoms with Gasteiger partial charge in [0.05, 0.1) is 17.4 Å². The maximum Gasteiger partial charge on any atom is 0.307 e. The number of carboxylic acid groups (broad SMARTS) is 1. The largest absolute Gasteiger partial charge is 0.481 e. The SMILES string of the molecule is O=C(O)Cc1ccc(C(NS(=O)(=O)c2ccc(Cl)cc2)c2ccccc2)cc1. The summed E-state index contributed by atoms with van der Waals surface area (Å²) in [4.78, 5) is 11.0. The number of hydrogen-bond acceptors (Lipinski definition) is 3. The van der Waals surface area contributed by atoms with Crippen molar-refractivity contribution in [2.75, 3.05) is 0 Å². The Balaban J connectivity index is 1.96. The Bertz CT molecular complexity index is 1050. The number of sulfonamides is 1. The van der Waals surface area contributed by atoms with Crippen LogP contribution in [0.5, 0.6) is 0 Å². The lowest BCUT2D eigenvalue weighted by Crippen LogP contribution is -2.29. The van der Waals surface area contributed by atoms with Gasteiger partial charge in [-0.2, -0.15) is 4.72 Å². The molecule has 0 heterocycles. The Kier molecular flexibility index (Phi) is 6.14. The van der Waals surface area contributed by atoms with Gasteiger partial charge in [-0.3, -0.25) is 4.79 Å². The minimum absolute atomic E-state index is 0.0905. The second-order valence-electron chi connectivity index (χ2n) is 6.23. The summed E-state index contributed by atoms with van der Waals surface area (Å²) in [6, 6.07) is 21.3. The van der Waals surface area contributed by atoms with Gasteiger partial charge in [-0.15, -0.1) is 0 Å². The molecule has 0 aliphatic rings. The van der Waals surface area contributed by atoms with Crippen LogP contribution in [-0.4, -0.2) is 19.5 Å². The number of nitrogens with one attached hydrogen (secondary N) is 1. The van der Waals surface area contributed by atoms with Gasteiger partial charge in [0, 0.05) is 5.02 Å². The number of benzene rings is 3. The van der Waals surface area contributed by atoms with Gasteiger partial charge in [0.25, 0.3) is 0 Å². The van der Waals surface area contributed by atoms with E-state index in [9.17, 15) is 13.2 Å². The highest BCUT2D eigenvalue weighted by molar-refractivity contribution is 7.89. The summed E-state index contributed by atoms with van der Waals surface area (Å²) >= 11 is 5.85. The van der Waals surface area contributed by atoms with E-state index in [-0.39, 0.29) is 11.3 Å². The summed E-state index contributed by atoms with van der Waals surface area (Å²) in [7, 11) is -3.80. The molecule has 0 spiro atoms. The van der Waals surface area contributed by atoms with Gasteiger partial charge >= 0.3 is 5.97 Å². The van der Waals surface area contributed by atoms with E-state index in [0.717, 1.165) is 5.56 Å². The Morgan fingerprint density at radius 1 is 0.893 bits per heavy atom. The van der Waals surface area contributed by atoms with Crippen LogP contribution < -0.4 is 4.72 Å². The molecule has 0 amide bonds. The lowest BCUT2D eigenvalue weighted by Gasteiger charge is -2.20. The molecule has 1 atom stereocenters. The molecule has 3 aromatic rings. The van der Waals surface area contributed by atoms with Crippen LogP contribution in [-0.2, 0) is 21.2 Å². The van der Waals surface area contributed by atoms with Crippen molar-refractivity contribution >= 4 is 27.6 Å². The molecule has 0 fully saturated rings. The molecule has 0 saturated heterocycles. The normalized spacial score (nSPS) is 12.5. The van der Waals surface area contributed by atoms with Gasteiger partial charge in [-0.05, 0) is 41.0 Å². The third-order valence-corrected chi connectivity index (χ3v) is 5.89. The van der Waals surface area contributed by atoms with E-state index in [1.807, 2.05) is 30.3 Å². The quantitative estimate of drug-likeness (QED) is 0.610. The predicted octanol–water partition coefficient (Wildman–Crippen LogP) is 4.04. The van der Waals surface area contributed by atoms with Crippen molar-refractivity contribution in [1.29, 1.82) is 0 Å². The topological polar surface area (TPSA) is 83.5 Å². The molecule has 28 heavy (non-hydrogen) atoms. The number of aliphatic carboxylic acids is 1. The fourth-order valence-corrected chi connectivity index (χ4v) is 4.15. The number of hydrogen-bond donors (Lipinski definition) is 2. The third kappa shape index (κ3) is 4.98. The standard InChI is InChI=1S/C21H18ClNO4S/c22-18-10-12-19(13-11-18)28(26,27)23-21(16-4-2-1-3-5-16)17-8-6-15(7-9-17)14-20(24)25/h1-13,21,23H,14H2,(H,24,25). The highest BCUT2D eigenvalue weighted by Crippen LogP contribution is 2.25. The lowest BCUT2D eigenvalue weighted by molar-refractivity contribution is -0.136. The molecule has 0 aromatic heterocycles. The van der Waals surface area contributed by atoms with Crippen molar-refractivity contribution in [1.82, 2.24) is 4.72 Å². The van der Waals surface area contributed by atoms with E-state index in [2.05, 4.69) is 4.72 Å². The van der Waals surface area contributed by atoms with Crippen LogP contribution in [0.25, 0.3) is 0 Å². The summed E-state index contributed by atoms with van der Waals surface area (Å²) in [6.07, 6.45) is -0.0905. The molecule has 3 aromatic carbocycles. The Labute approximate surface area is 168 Å². The molecule has 5 nitrogen and oxygen atoms in total. The summed E-state index contributed by atoms with van der Waals surface area (Å²) in [5.41, 5.74) is 2.12. The van der Waals surface area contributed by atoms with Crippen LogP contribution in [0.4, 0.5) is 0 Å². The first kappa shape index (κ1) is 20.1. The molecule has 0 saturated carbocycles. The van der Waals surface area contributed by atoms with Crippen molar-refractivity contribution in [3.63, 3.8) is 0 Å². The van der Waals surface area contributed by atoms with Gasteiger partial charge < -0.3 is 5.11 Å². The first-order valence-electron chi connectivity index (χ1n) is 8.48. The van der Waals surface area contributed by atoms with E-state index in [0.29, 0.717) is 16.1 Å². The molecule has 0 bridgehead atoms. The second-order valence-corrected chi connectivity index (χ2v) is 8.38. The average molecular weight is 416 g/mol. The summed E-state index contributed by atoms with van der Waals surface area (Å²) in [5, 5.41) is 9.37. The molecule has 7 heteroatoms. The van der Waals surface area contributed by atoms with E-state index < -0.39 is 22.0 Å². The molecular weight excluding hydrogens is 398 g/mol. The zero-order chi connectivity index (χ0) is 20.1. The van der Waals surface area contributed by atoms with Crippen LogP contribution in [0.1, 0.15) is 22.7 Å². The number of carbonyl (C=O) groups is 1. The van der Waals surface area contributed by atoms with Crippen molar-refractivity contribution < 1.29 is 18.3 Å². The zero-order valence-electron chi connectivity index (χ0n) is 14.7. The number of halogens is 1. The van der Waals surface area contributed by atoms with Gasteiger partial charge in [-0.1, -0.05) is 66.2 Å². The molecule has 1 unspecified atom stereocenters. The number of carboxylic acids is 1. The van der Waals surface area contributed by atoms with Crippen LogP contribution in [0.15, 0.2) is 83.8 Å². The first-order chi connectivity index (χ1) is 13.3. The zero-order valence-corrected chi connectivity index (χ0v) is 16.3. The molecule has 3 rings (SSSR count). The smallest absolute Gasteiger partial charge is 0.307 e. The van der Waals surface area contributed by atoms with Crippen LogP contribution in [0, 0.1) is 0 Å². The van der Waals surface area contributed by atoms with E-state index in [4.69, 9.17) is 16.7 Å². The first-order valence-corrected chi connectivity index (χ1v) is 10.3. The van der Waals surface area contributed by atoms with Crippen molar-refractivity contribution in [3.8, 4) is 0 Å².